The highest BCUT2D eigenvalue weighted by Crippen LogP contribution is 2.38. The van der Waals surface area contributed by atoms with E-state index in [2.05, 4.69) is 15.3 Å². The van der Waals surface area contributed by atoms with Crippen LogP contribution in [0.5, 0.6) is 0 Å². The maximum atomic E-state index is 14.2. The van der Waals surface area contributed by atoms with Crippen LogP contribution in [0, 0.1) is 5.82 Å². The van der Waals surface area contributed by atoms with Gasteiger partial charge in [0.25, 0.3) is 0 Å². The minimum atomic E-state index is -0.371. The number of rotatable bonds is 4. The molecule has 0 aliphatic heterocycles. The molecule has 0 spiro atoms. The molecule has 110 valence electrons. The molecule has 0 saturated carbocycles. The van der Waals surface area contributed by atoms with Crippen molar-refractivity contribution in [2.75, 3.05) is 5.32 Å². The van der Waals surface area contributed by atoms with Crippen LogP contribution in [0.2, 0.25) is 5.02 Å². The van der Waals surface area contributed by atoms with Crippen molar-refractivity contribution < 1.29 is 4.39 Å². The Hall–Kier alpha value is -2.11. The van der Waals surface area contributed by atoms with E-state index in [4.69, 9.17) is 11.6 Å². The lowest BCUT2D eigenvalue weighted by Crippen LogP contribution is -1.99. The molecule has 0 atom stereocenters. The number of para-hydroxylation sites is 1. The van der Waals surface area contributed by atoms with E-state index in [0.717, 1.165) is 4.90 Å². The zero-order chi connectivity index (χ0) is 15.4. The summed E-state index contributed by atoms with van der Waals surface area (Å²) in [5.41, 5.74) is 0.332. The number of aromatic nitrogens is 2. The summed E-state index contributed by atoms with van der Waals surface area (Å²) in [5, 5.41) is 3.54. The van der Waals surface area contributed by atoms with Crippen molar-refractivity contribution >= 4 is 35.0 Å². The van der Waals surface area contributed by atoms with Gasteiger partial charge in [-0.15, -0.1) is 0 Å². The summed E-state index contributed by atoms with van der Waals surface area (Å²) >= 11 is 7.55. The second kappa shape index (κ2) is 6.77. The highest BCUT2D eigenvalue weighted by Gasteiger charge is 2.12. The number of hydrogen-bond acceptors (Lipinski definition) is 4. The molecule has 3 aromatic rings. The van der Waals surface area contributed by atoms with Gasteiger partial charge in [-0.2, -0.15) is 0 Å². The van der Waals surface area contributed by atoms with Gasteiger partial charge < -0.3 is 5.32 Å². The molecule has 3 nitrogen and oxygen atoms in total. The Labute approximate surface area is 136 Å². The summed E-state index contributed by atoms with van der Waals surface area (Å²) in [7, 11) is 0. The van der Waals surface area contributed by atoms with Gasteiger partial charge in [0.05, 0.1) is 10.7 Å². The van der Waals surface area contributed by atoms with Crippen LogP contribution < -0.4 is 5.32 Å². The molecule has 1 heterocycles. The molecule has 0 unspecified atom stereocenters. The predicted octanol–water partition coefficient (Wildman–Crippen LogP) is 5.16. The molecule has 2 aromatic carbocycles. The van der Waals surface area contributed by atoms with Gasteiger partial charge in [-0.3, -0.25) is 0 Å². The summed E-state index contributed by atoms with van der Waals surface area (Å²) in [5.74, 6) is -0.0295. The Morgan fingerprint density at radius 3 is 2.41 bits per heavy atom. The molecule has 0 radical (unpaired) electrons. The average molecular weight is 332 g/mol. The monoisotopic (exact) mass is 331 g/mol. The third kappa shape index (κ3) is 3.37. The lowest BCUT2D eigenvalue weighted by molar-refractivity contribution is 0.628. The largest absolute Gasteiger partial charge is 0.321 e. The molecule has 0 saturated heterocycles. The maximum absolute atomic E-state index is 14.2. The fourth-order valence-corrected chi connectivity index (χ4v) is 3.03. The lowest BCUT2D eigenvalue weighted by Gasteiger charge is -2.12. The molecule has 1 N–H and O–H groups in total. The topological polar surface area (TPSA) is 37.8 Å². The van der Waals surface area contributed by atoms with Crippen LogP contribution in [0.15, 0.2) is 70.7 Å². The van der Waals surface area contributed by atoms with Crippen molar-refractivity contribution in [3.8, 4) is 0 Å². The van der Waals surface area contributed by atoms with Gasteiger partial charge in [-0.1, -0.05) is 41.6 Å². The number of benzene rings is 2. The predicted molar refractivity (Wildman–Crippen MR) is 87.3 cm³/mol. The van der Waals surface area contributed by atoms with Crippen molar-refractivity contribution in [3.05, 3.63) is 71.8 Å². The van der Waals surface area contributed by atoms with E-state index in [1.165, 1.54) is 17.8 Å². The van der Waals surface area contributed by atoms with Crippen LogP contribution in [0.25, 0.3) is 0 Å². The Bertz CT molecular complexity index is 783. The Morgan fingerprint density at radius 2 is 1.64 bits per heavy atom. The van der Waals surface area contributed by atoms with Gasteiger partial charge in [-0.25, -0.2) is 14.4 Å². The van der Waals surface area contributed by atoms with E-state index in [9.17, 15) is 4.39 Å². The molecule has 1 aromatic heterocycles. The van der Waals surface area contributed by atoms with Crippen molar-refractivity contribution in [1.82, 2.24) is 9.97 Å². The molecule has 22 heavy (non-hydrogen) atoms. The van der Waals surface area contributed by atoms with Gasteiger partial charge >= 0.3 is 0 Å². The normalized spacial score (nSPS) is 10.5. The van der Waals surface area contributed by atoms with Gasteiger partial charge in [0.2, 0.25) is 5.95 Å². The smallest absolute Gasteiger partial charge is 0.227 e. The molecule has 0 aliphatic carbocycles. The number of anilines is 2. The fraction of sp³-hybridized carbons (Fsp3) is 0. The van der Waals surface area contributed by atoms with Crippen molar-refractivity contribution in [1.29, 1.82) is 0 Å². The Balaban J connectivity index is 1.95. The quantitative estimate of drug-likeness (QED) is 0.716. The van der Waals surface area contributed by atoms with Gasteiger partial charge in [0.15, 0.2) is 0 Å². The molecule has 3 rings (SSSR count). The SMILES string of the molecule is Fc1cccc(Sc2ccccc2Cl)c1Nc1ncccn1. The van der Waals surface area contributed by atoms with Crippen LogP contribution in [0.1, 0.15) is 0 Å². The molecule has 0 bridgehead atoms. The number of halogens is 2. The highest BCUT2D eigenvalue weighted by molar-refractivity contribution is 7.99. The van der Waals surface area contributed by atoms with Gasteiger partial charge in [-0.05, 0) is 30.3 Å². The third-order valence-corrected chi connectivity index (χ3v) is 4.41. The first-order chi connectivity index (χ1) is 10.7. The van der Waals surface area contributed by atoms with E-state index in [-0.39, 0.29) is 5.82 Å². The summed E-state index contributed by atoms with van der Waals surface area (Å²) in [6.45, 7) is 0. The standard InChI is InChI=1S/C16H11ClFN3S/c17-11-5-1-2-7-13(11)22-14-8-3-6-12(18)15(14)21-16-19-9-4-10-20-16/h1-10H,(H,19,20,21). The summed E-state index contributed by atoms with van der Waals surface area (Å²) in [6.07, 6.45) is 3.19. The molecule has 0 aliphatic rings. The molecule has 0 amide bonds. The minimum Gasteiger partial charge on any atom is -0.321 e. The first-order valence-electron chi connectivity index (χ1n) is 6.49. The Kier molecular flexibility index (Phi) is 4.56. The molecule has 0 fully saturated rings. The summed E-state index contributed by atoms with van der Waals surface area (Å²) in [6, 6.07) is 14.0. The van der Waals surface area contributed by atoms with E-state index in [1.807, 2.05) is 24.3 Å². The van der Waals surface area contributed by atoms with E-state index in [0.29, 0.717) is 21.6 Å². The van der Waals surface area contributed by atoms with Gasteiger partial charge in [0, 0.05) is 22.2 Å². The lowest BCUT2D eigenvalue weighted by atomic mass is 10.3. The molecular formula is C16H11ClFN3S. The first-order valence-corrected chi connectivity index (χ1v) is 7.68. The number of nitrogens with zero attached hydrogens (tertiary/aromatic N) is 2. The van der Waals surface area contributed by atoms with Gasteiger partial charge in [0.1, 0.15) is 5.82 Å². The third-order valence-electron chi connectivity index (χ3n) is 2.83. The highest BCUT2D eigenvalue weighted by atomic mass is 35.5. The second-order valence-electron chi connectivity index (χ2n) is 4.34. The van der Waals surface area contributed by atoms with Crippen LogP contribution >= 0.6 is 23.4 Å². The van der Waals surface area contributed by atoms with Crippen LogP contribution in [0.3, 0.4) is 0 Å². The minimum absolute atomic E-state index is 0.332. The Morgan fingerprint density at radius 1 is 0.909 bits per heavy atom. The van der Waals surface area contributed by atoms with E-state index >= 15 is 0 Å². The number of nitrogens with one attached hydrogen (secondary N) is 1. The van der Waals surface area contributed by atoms with E-state index < -0.39 is 0 Å². The zero-order valence-electron chi connectivity index (χ0n) is 11.3. The molecule has 6 heteroatoms. The van der Waals surface area contributed by atoms with Crippen LogP contribution in [-0.4, -0.2) is 9.97 Å². The van der Waals surface area contributed by atoms with E-state index in [1.54, 1.807) is 30.6 Å². The van der Waals surface area contributed by atoms with Crippen LogP contribution in [0.4, 0.5) is 16.0 Å². The zero-order valence-corrected chi connectivity index (χ0v) is 12.9. The summed E-state index contributed by atoms with van der Waals surface area (Å²) in [4.78, 5) is 9.68. The maximum Gasteiger partial charge on any atom is 0.227 e. The fourth-order valence-electron chi connectivity index (χ4n) is 1.83. The van der Waals surface area contributed by atoms with Crippen LogP contribution in [-0.2, 0) is 0 Å². The van der Waals surface area contributed by atoms with Crippen molar-refractivity contribution in [3.63, 3.8) is 0 Å². The van der Waals surface area contributed by atoms with Crippen molar-refractivity contribution in [2.45, 2.75) is 9.79 Å². The number of hydrogen-bond donors (Lipinski definition) is 1. The average Bonchev–Trinajstić information content (AvgIpc) is 2.54. The summed E-state index contributed by atoms with van der Waals surface area (Å²) < 4.78 is 14.2. The molecular weight excluding hydrogens is 321 g/mol. The van der Waals surface area contributed by atoms with Crippen molar-refractivity contribution in [2.24, 2.45) is 0 Å². The second-order valence-corrected chi connectivity index (χ2v) is 5.83. The first kappa shape index (κ1) is 14.8.